The van der Waals surface area contributed by atoms with Crippen molar-refractivity contribution in [2.75, 3.05) is 11.9 Å². The molecule has 0 saturated heterocycles. The molecule has 0 saturated carbocycles. The van der Waals surface area contributed by atoms with Crippen molar-refractivity contribution in [2.24, 2.45) is 0 Å². The van der Waals surface area contributed by atoms with Gasteiger partial charge in [0.1, 0.15) is 5.82 Å². The molecule has 0 radical (unpaired) electrons. The number of aromatic nitrogens is 2. The summed E-state index contributed by atoms with van der Waals surface area (Å²) in [6.07, 6.45) is 0. The average molecular weight is 481 g/mol. The summed E-state index contributed by atoms with van der Waals surface area (Å²) in [6, 6.07) is 5.71. The molecule has 0 bridgehead atoms. The van der Waals surface area contributed by atoms with E-state index in [1.54, 1.807) is 0 Å². The Morgan fingerprint density at radius 2 is 2.05 bits per heavy atom. The molecule has 0 aliphatic rings. The molecule has 1 heterocycles. The van der Waals surface area contributed by atoms with E-state index in [2.05, 4.69) is 69.6 Å². The van der Waals surface area contributed by atoms with Gasteiger partial charge in [0.25, 0.3) is 0 Å². The van der Waals surface area contributed by atoms with Crippen LogP contribution >= 0.6 is 50.1 Å². The summed E-state index contributed by atoms with van der Waals surface area (Å²) in [5, 5.41) is 3.95. The van der Waals surface area contributed by atoms with Gasteiger partial charge in [0, 0.05) is 16.6 Å². The summed E-state index contributed by atoms with van der Waals surface area (Å²) >= 11 is 12.1. The molecule has 3 nitrogen and oxygen atoms in total. The Bertz CT molecular complexity index is 662. The van der Waals surface area contributed by atoms with Gasteiger partial charge in [-0.3, -0.25) is 0 Å². The third-order valence-corrected chi connectivity index (χ3v) is 4.82. The third-order valence-electron chi connectivity index (χ3n) is 2.94. The van der Waals surface area contributed by atoms with E-state index in [1.807, 2.05) is 18.2 Å². The van der Waals surface area contributed by atoms with Gasteiger partial charge in [-0.25, -0.2) is 9.97 Å². The van der Waals surface area contributed by atoms with Gasteiger partial charge in [0.2, 0.25) is 0 Å². The Labute approximate surface area is 152 Å². The highest BCUT2D eigenvalue weighted by Gasteiger charge is 2.17. The molecule has 2 rings (SSSR count). The molecule has 0 fully saturated rings. The van der Waals surface area contributed by atoms with Crippen molar-refractivity contribution >= 4 is 55.9 Å². The first-order valence-corrected chi connectivity index (χ1v) is 8.95. The maximum absolute atomic E-state index is 6.31. The van der Waals surface area contributed by atoms with E-state index in [0.29, 0.717) is 16.8 Å². The summed E-state index contributed by atoms with van der Waals surface area (Å²) in [5.41, 5.74) is 1.87. The molecule has 0 unspecified atom stereocenters. The van der Waals surface area contributed by atoms with Crippen LogP contribution in [-0.4, -0.2) is 16.5 Å². The van der Waals surface area contributed by atoms with E-state index >= 15 is 0 Å². The summed E-state index contributed by atoms with van der Waals surface area (Å²) in [5.74, 6) is 1.84. The van der Waals surface area contributed by atoms with Crippen molar-refractivity contribution in [2.45, 2.75) is 26.7 Å². The van der Waals surface area contributed by atoms with Crippen molar-refractivity contribution in [1.82, 2.24) is 9.97 Å². The van der Waals surface area contributed by atoms with Gasteiger partial charge in [0.15, 0.2) is 5.82 Å². The molecule has 0 amide bonds. The fourth-order valence-corrected chi connectivity index (χ4v) is 3.54. The second-order valence-electron chi connectivity index (χ2n) is 4.90. The summed E-state index contributed by atoms with van der Waals surface area (Å²) in [6.45, 7) is 7.13. The molecule has 0 atom stereocenters. The fourth-order valence-electron chi connectivity index (χ4n) is 1.92. The van der Waals surface area contributed by atoms with Gasteiger partial charge in [-0.2, -0.15) is 0 Å². The average Bonchev–Trinajstić information content (AvgIpc) is 2.43. The highest BCUT2D eigenvalue weighted by molar-refractivity contribution is 14.1. The van der Waals surface area contributed by atoms with Crippen LogP contribution in [0, 0.1) is 3.57 Å². The predicted molar refractivity (Wildman–Crippen MR) is 101 cm³/mol. The number of nitrogens with one attached hydrogen (secondary N) is 1. The smallest absolute Gasteiger partial charge is 0.163 e. The molecule has 0 aliphatic heterocycles. The van der Waals surface area contributed by atoms with Crippen LogP contribution in [0.5, 0.6) is 0 Å². The minimum Gasteiger partial charge on any atom is -0.369 e. The minimum atomic E-state index is 0.321. The monoisotopic (exact) mass is 479 g/mol. The van der Waals surface area contributed by atoms with Crippen LogP contribution in [-0.2, 0) is 0 Å². The van der Waals surface area contributed by atoms with Gasteiger partial charge >= 0.3 is 0 Å². The van der Waals surface area contributed by atoms with E-state index in [1.165, 1.54) is 0 Å². The number of hydrogen-bond acceptors (Lipinski definition) is 3. The molecule has 1 aromatic carbocycles. The van der Waals surface area contributed by atoms with Crippen LogP contribution < -0.4 is 5.32 Å². The van der Waals surface area contributed by atoms with E-state index in [9.17, 15) is 0 Å². The Balaban J connectivity index is 2.65. The topological polar surface area (TPSA) is 37.8 Å². The zero-order valence-electron chi connectivity index (χ0n) is 12.0. The number of rotatable bonds is 4. The fraction of sp³-hybridized carbons (Fsp3) is 0.333. The number of nitrogens with zero attached hydrogens (tertiary/aromatic N) is 2. The lowest BCUT2D eigenvalue weighted by Gasteiger charge is -2.15. The van der Waals surface area contributed by atoms with Crippen LogP contribution in [0.3, 0.4) is 0 Å². The first-order valence-electron chi connectivity index (χ1n) is 6.70. The first-order chi connectivity index (χ1) is 9.93. The van der Waals surface area contributed by atoms with Gasteiger partial charge < -0.3 is 5.32 Å². The highest BCUT2D eigenvalue weighted by atomic mass is 127. The molecule has 1 N–H and O–H groups in total. The minimum absolute atomic E-state index is 0.321. The van der Waals surface area contributed by atoms with E-state index in [4.69, 9.17) is 16.6 Å². The van der Waals surface area contributed by atoms with E-state index in [0.717, 1.165) is 31.7 Å². The van der Waals surface area contributed by atoms with Crippen LogP contribution in [0.4, 0.5) is 5.82 Å². The molecule has 21 heavy (non-hydrogen) atoms. The molecule has 112 valence electrons. The normalized spacial score (nSPS) is 11.0. The zero-order chi connectivity index (χ0) is 15.6. The van der Waals surface area contributed by atoms with Gasteiger partial charge in [-0.15, -0.1) is 0 Å². The second-order valence-corrected chi connectivity index (χ2v) is 7.31. The lowest BCUT2D eigenvalue weighted by molar-refractivity contribution is 0.808. The van der Waals surface area contributed by atoms with Crippen LogP contribution in [0.1, 0.15) is 32.4 Å². The second kappa shape index (κ2) is 7.24. The molecule has 1 aromatic heterocycles. The standard InChI is InChI=1S/C15H16BrClIN3/c1-4-19-15-12(18)13(8(2)3)20-14(21-15)10-7-9(16)5-6-11(10)17/h5-8H,4H2,1-3H3,(H,19,20,21). The summed E-state index contributed by atoms with van der Waals surface area (Å²) in [7, 11) is 0. The SMILES string of the molecule is CCNc1nc(-c2cc(Br)ccc2Cl)nc(C(C)C)c1I. The Hall–Kier alpha value is -0.400. The maximum Gasteiger partial charge on any atom is 0.163 e. The zero-order valence-corrected chi connectivity index (χ0v) is 16.5. The van der Waals surface area contributed by atoms with E-state index in [-0.39, 0.29) is 0 Å². The first kappa shape index (κ1) is 17.0. The maximum atomic E-state index is 6.31. The van der Waals surface area contributed by atoms with Crippen LogP contribution in [0.25, 0.3) is 11.4 Å². The molecule has 2 aromatic rings. The van der Waals surface area contributed by atoms with Crippen molar-refractivity contribution in [3.63, 3.8) is 0 Å². The quantitative estimate of drug-likeness (QED) is 0.569. The number of halogens is 3. The van der Waals surface area contributed by atoms with Gasteiger partial charge in [-0.1, -0.05) is 41.4 Å². The van der Waals surface area contributed by atoms with Gasteiger partial charge in [-0.05, 0) is 53.6 Å². The summed E-state index contributed by atoms with van der Waals surface area (Å²) < 4.78 is 2.03. The molecular formula is C15H16BrClIN3. The largest absolute Gasteiger partial charge is 0.369 e. The summed E-state index contributed by atoms with van der Waals surface area (Å²) in [4.78, 5) is 9.37. The van der Waals surface area contributed by atoms with Crippen LogP contribution in [0.2, 0.25) is 5.02 Å². The molecular weight excluding hydrogens is 464 g/mol. The lowest BCUT2D eigenvalue weighted by Crippen LogP contribution is -2.09. The molecule has 6 heteroatoms. The van der Waals surface area contributed by atoms with Crippen molar-refractivity contribution in [3.8, 4) is 11.4 Å². The van der Waals surface area contributed by atoms with Crippen LogP contribution in [0.15, 0.2) is 22.7 Å². The highest BCUT2D eigenvalue weighted by Crippen LogP contribution is 2.32. The Morgan fingerprint density at radius 1 is 1.33 bits per heavy atom. The Morgan fingerprint density at radius 3 is 2.67 bits per heavy atom. The third kappa shape index (κ3) is 3.87. The Kier molecular flexibility index (Phi) is 5.85. The van der Waals surface area contributed by atoms with Crippen molar-refractivity contribution < 1.29 is 0 Å². The lowest BCUT2D eigenvalue weighted by atomic mass is 10.1. The number of hydrogen-bond donors (Lipinski definition) is 1. The van der Waals surface area contributed by atoms with Crippen molar-refractivity contribution in [3.05, 3.63) is 37.0 Å². The number of benzene rings is 1. The van der Waals surface area contributed by atoms with Crippen molar-refractivity contribution in [1.29, 1.82) is 0 Å². The van der Waals surface area contributed by atoms with E-state index < -0.39 is 0 Å². The predicted octanol–water partition coefficient (Wildman–Crippen LogP) is 5.72. The molecule has 0 aliphatic carbocycles. The number of anilines is 1. The van der Waals surface area contributed by atoms with Gasteiger partial charge in [0.05, 0.1) is 14.3 Å². The molecule has 0 spiro atoms.